The van der Waals surface area contributed by atoms with Crippen LogP contribution < -0.4 is 0 Å². The van der Waals surface area contributed by atoms with Crippen molar-refractivity contribution in [1.82, 2.24) is 0 Å². The molecule has 42 heavy (non-hydrogen) atoms. The quantitative estimate of drug-likeness (QED) is 0.235. The first-order chi connectivity index (χ1) is 19.4. The molecule has 234 valence electrons. The maximum absolute atomic E-state index is 14.4. The number of hydrogen-bond acceptors (Lipinski definition) is 11. The van der Waals surface area contributed by atoms with E-state index in [0.717, 1.165) is 26.3 Å². The van der Waals surface area contributed by atoms with E-state index in [4.69, 9.17) is 23.7 Å². The summed E-state index contributed by atoms with van der Waals surface area (Å²) in [4.78, 5) is 36.2. The second kappa shape index (κ2) is 14.4. The Morgan fingerprint density at radius 1 is 0.810 bits per heavy atom. The molecule has 1 heterocycles. The zero-order chi connectivity index (χ0) is 32.1. The zero-order valence-electron chi connectivity index (χ0n) is 25.8. The van der Waals surface area contributed by atoms with Crippen molar-refractivity contribution < 1.29 is 51.6 Å². The molecule has 1 aromatic rings. The highest BCUT2D eigenvalue weighted by Gasteiger charge is 2.57. The molecule has 1 saturated heterocycles. The third kappa shape index (κ3) is 8.02. The lowest BCUT2D eigenvalue weighted by Crippen LogP contribution is -2.65. The number of carbonyl (C=O) groups is 3. The van der Waals surface area contributed by atoms with E-state index < -0.39 is 63.9 Å². The lowest BCUT2D eigenvalue weighted by molar-refractivity contribution is -0.297. The predicted molar refractivity (Wildman–Crippen MR) is 152 cm³/mol. The zero-order valence-corrected chi connectivity index (χ0v) is 26.6. The fourth-order valence-electron chi connectivity index (χ4n) is 4.76. The van der Waals surface area contributed by atoms with Gasteiger partial charge in [-0.05, 0) is 34.4 Å². The van der Waals surface area contributed by atoms with E-state index in [9.17, 15) is 27.9 Å². The van der Waals surface area contributed by atoms with Gasteiger partial charge in [0.2, 0.25) is 15.9 Å². The van der Waals surface area contributed by atoms with Crippen LogP contribution in [-0.2, 0) is 47.9 Å². The molecular formula is C30H42O11S. The fraction of sp³-hybridized carbons (Fsp3) is 0.633. The third-order valence-electron chi connectivity index (χ3n) is 6.68. The summed E-state index contributed by atoms with van der Waals surface area (Å²) in [6.07, 6.45) is -6.01. The number of esters is 3. The molecule has 0 aliphatic carbocycles. The van der Waals surface area contributed by atoms with Gasteiger partial charge in [-0.15, -0.1) is 0 Å². The molecule has 1 unspecified atom stereocenters. The summed E-state index contributed by atoms with van der Waals surface area (Å²) in [6.45, 7) is 16.0. The fourth-order valence-corrected chi connectivity index (χ4v) is 6.82. The van der Waals surface area contributed by atoms with Gasteiger partial charge in [-0.2, -0.15) is 0 Å². The minimum absolute atomic E-state index is 0.0634. The van der Waals surface area contributed by atoms with Crippen molar-refractivity contribution in [2.45, 2.75) is 128 Å². The molecule has 12 heteroatoms. The van der Waals surface area contributed by atoms with Gasteiger partial charge in [0.15, 0.2) is 17.6 Å². The minimum atomic E-state index is -4.64. The average molecular weight is 611 g/mol. The Hall–Kier alpha value is -3.14. The summed E-state index contributed by atoms with van der Waals surface area (Å²) in [7, 11) is -4.64. The summed E-state index contributed by atoms with van der Waals surface area (Å²) in [5, 5.41) is 11.6. The summed E-state index contributed by atoms with van der Waals surface area (Å²) in [6, 6.07) is 3.63. The van der Waals surface area contributed by atoms with Gasteiger partial charge >= 0.3 is 17.9 Å². The molecule has 0 amide bonds. The molecule has 1 aromatic carbocycles. The van der Waals surface area contributed by atoms with Gasteiger partial charge in [-0.1, -0.05) is 59.6 Å². The SMILES string of the molecule is CC#CO[C@H]1O[C@@H](C(O)S(=O)(=O)c2c(C(C)C)cc(C(C)C)cc2C(C)C)[C@H](OC(C)=O)[C@@H](OC(C)=O)[C@H]1OC(C)=O. The maximum Gasteiger partial charge on any atom is 0.303 e. The van der Waals surface area contributed by atoms with Crippen LogP contribution >= 0.6 is 0 Å². The minimum Gasteiger partial charge on any atom is -0.455 e. The molecule has 0 aromatic heterocycles. The van der Waals surface area contributed by atoms with Crippen molar-refractivity contribution in [2.24, 2.45) is 0 Å². The monoisotopic (exact) mass is 610 g/mol. The lowest BCUT2D eigenvalue weighted by atomic mass is 9.89. The van der Waals surface area contributed by atoms with E-state index in [1.54, 1.807) is 0 Å². The first-order valence-electron chi connectivity index (χ1n) is 13.8. The molecule has 0 spiro atoms. The predicted octanol–water partition coefficient (Wildman–Crippen LogP) is 3.67. The Bertz CT molecular complexity index is 1290. The molecule has 0 saturated carbocycles. The molecule has 0 bridgehead atoms. The Morgan fingerprint density at radius 2 is 1.26 bits per heavy atom. The molecule has 1 aliphatic rings. The normalized spacial score (nSPS) is 23.1. The highest BCUT2D eigenvalue weighted by molar-refractivity contribution is 7.92. The number of rotatable bonds is 10. The van der Waals surface area contributed by atoms with E-state index in [1.807, 2.05) is 53.7 Å². The number of sulfone groups is 1. The Kier molecular flexibility index (Phi) is 12.0. The second-order valence-electron chi connectivity index (χ2n) is 11.1. The molecule has 1 fully saturated rings. The van der Waals surface area contributed by atoms with Crippen LogP contribution in [0.2, 0.25) is 0 Å². The number of aliphatic hydroxyl groups excluding tert-OH is 1. The largest absolute Gasteiger partial charge is 0.455 e. The van der Waals surface area contributed by atoms with E-state index in [0.29, 0.717) is 11.1 Å². The number of hydrogen-bond donors (Lipinski definition) is 1. The van der Waals surface area contributed by atoms with E-state index in [-0.39, 0.29) is 22.6 Å². The summed E-state index contributed by atoms with van der Waals surface area (Å²) in [5.41, 5.74) is -0.391. The van der Waals surface area contributed by atoms with Crippen molar-refractivity contribution in [3.63, 3.8) is 0 Å². The van der Waals surface area contributed by atoms with Gasteiger partial charge in [0, 0.05) is 27.7 Å². The summed E-state index contributed by atoms with van der Waals surface area (Å²) in [5.74, 6) is -0.473. The van der Waals surface area contributed by atoms with Gasteiger partial charge in [0.1, 0.15) is 12.2 Å². The van der Waals surface area contributed by atoms with Crippen LogP contribution in [0.25, 0.3) is 0 Å². The molecule has 6 atom stereocenters. The van der Waals surface area contributed by atoms with Crippen LogP contribution in [0.4, 0.5) is 0 Å². The third-order valence-corrected chi connectivity index (χ3v) is 8.62. The Balaban J connectivity index is 2.84. The topological polar surface area (TPSA) is 152 Å². The lowest BCUT2D eigenvalue weighted by Gasteiger charge is -2.44. The summed E-state index contributed by atoms with van der Waals surface area (Å²) >= 11 is 0. The van der Waals surface area contributed by atoms with Crippen LogP contribution in [0.15, 0.2) is 17.0 Å². The molecular weight excluding hydrogens is 568 g/mol. The first-order valence-corrected chi connectivity index (χ1v) is 15.3. The highest BCUT2D eigenvalue weighted by atomic mass is 32.2. The van der Waals surface area contributed by atoms with Crippen molar-refractivity contribution in [2.75, 3.05) is 0 Å². The van der Waals surface area contributed by atoms with Crippen LogP contribution in [0.5, 0.6) is 0 Å². The standard InChI is InChI=1S/C30H42O11S/c1-11-12-37-30-27(40-20(10)33)25(39-19(9)32)24(38-18(8)31)26(41-30)29(34)42(35,36)28-22(16(4)5)13-21(15(2)3)14-23(28)17(6)7/h13-17,24-27,29-30,34H,1-10H3/t24-,25-,26-,27-,29?,30+/m1/s1. The van der Waals surface area contributed by atoms with Crippen LogP contribution in [0.1, 0.15) is 104 Å². The number of carbonyl (C=O) groups excluding carboxylic acids is 3. The molecule has 1 aliphatic heterocycles. The highest BCUT2D eigenvalue weighted by Crippen LogP contribution is 2.39. The Morgan fingerprint density at radius 3 is 1.67 bits per heavy atom. The van der Waals surface area contributed by atoms with Crippen LogP contribution in [-0.4, -0.2) is 67.6 Å². The second-order valence-corrected chi connectivity index (χ2v) is 13.1. The molecule has 0 radical (unpaired) electrons. The van der Waals surface area contributed by atoms with Gasteiger partial charge < -0.3 is 28.8 Å². The van der Waals surface area contributed by atoms with Crippen LogP contribution in [0, 0.1) is 12.0 Å². The van der Waals surface area contributed by atoms with Gasteiger partial charge in [-0.3, -0.25) is 14.4 Å². The first kappa shape index (κ1) is 35.1. The van der Waals surface area contributed by atoms with Crippen molar-refractivity contribution >= 4 is 27.7 Å². The molecule has 2 rings (SSSR count). The molecule has 1 N–H and O–H groups in total. The number of benzene rings is 1. The van der Waals surface area contributed by atoms with E-state index in [1.165, 1.54) is 6.92 Å². The van der Waals surface area contributed by atoms with Gasteiger partial charge in [-0.25, -0.2) is 8.42 Å². The van der Waals surface area contributed by atoms with E-state index >= 15 is 0 Å². The number of ether oxygens (including phenoxy) is 5. The van der Waals surface area contributed by atoms with Gasteiger partial charge in [0.05, 0.1) is 4.90 Å². The summed E-state index contributed by atoms with van der Waals surface area (Å²) < 4.78 is 56.1. The average Bonchev–Trinajstić information content (AvgIpc) is 2.87. The van der Waals surface area contributed by atoms with Crippen molar-refractivity contribution in [3.05, 3.63) is 28.8 Å². The maximum atomic E-state index is 14.4. The van der Waals surface area contributed by atoms with Gasteiger partial charge in [0.25, 0.3) is 6.29 Å². The van der Waals surface area contributed by atoms with E-state index in [2.05, 4.69) is 12.0 Å². The van der Waals surface area contributed by atoms with Crippen molar-refractivity contribution in [3.8, 4) is 12.0 Å². The molecule has 11 nitrogen and oxygen atoms in total. The Labute approximate surface area is 248 Å². The number of aliphatic hydroxyl groups is 1. The van der Waals surface area contributed by atoms with Crippen molar-refractivity contribution in [1.29, 1.82) is 0 Å². The van der Waals surface area contributed by atoms with Crippen LogP contribution in [0.3, 0.4) is 0 Å². The smallest absolute Gasteiger partial charge is 0.303 e.